The number of rotatable bonds is 7. The van der Waals surface area contributed by atoms with Gasteiger partial charge in [-0.15, -0.1) is 0 Å². The first-order valence-electron chi connectivity index (χ1n) is 8.04. The molecule has 3 rings (SSSR count). The van der Waals surface area contributed by atoms with Gasteiger partial charge in [0.05, 0.1) is 18.5 Å². The van der Waals surface area contributed by atoms with Crippen molar-refractivity contribution in [2.24, 2.45) is 0 Å². The van der Waals surface area contributed by atoms with Crippen molar-refractivity contribution in [3.63, 3.8) is 0 Å². The summed E-state index contributed by atoms with van der Waals surface area (Å²) in [5.74, 6) is 0.769. The van der Waals surface area contributed by atoms with E-state index in [9.17, 15) is 14.9 Å². The van der Waals surface area contributed by atoms with Crippen LogP contribution >= 0.6 is 0 Å². The van der Waals surface area contributed by atoms with Gasteiger partial charge in [0.1, 0.15) is 18.1 Å². The molecule has 0 atom stereocenters. The minimum Gasteiger partial charge on any atom is -0.497 e. The van der Waals surface area contributed by atoms with Crippen molar-refractivity contribution in [1.82, 2.24) is 5.16 Å². The summed E-state index contributed by atoms with van der Waals surface area (Å²) >= 11 is 0. The first-order chi connectivity index (χ1) is 13.0. The van der Waals surface area contributed by atoms with Crippen LogP contribution in [0.4, 0.5) is 5.69 Å². The number of methoxy groups -OCH3 is 1. The van der Waals surface area contributed by atoms with Crippen molar-refractivity contribution < 1.29 is 23.7 Å². The molecule has 0 spiro atoms. The van der Waals surface area contributed by atoms with Crippen LogP contribution < -0.4 is 4.74 Å². The maximum Gasteiger partial charge on any atom is 0.310 e. The van der Waals surface area contributed by atoms with Crippen LogP contribution in [0.1, 0.15) is 11.3 Å². The first-order valence-corrected chi connectivity index (χ1v) is 8.04. The molecule has 8 heteroatoms. The number of carbonyl (C=O) groups is 1. The van der Waals surface area contributed by atoms with Gasteiger partial charge in [0.2, 0.25) is 0 Å². The molecule has 8 nitrogen and oxygen atoms in total. The number of hydrogen-bond acceptors (Lipinski definition) is 7. The normalized spacial score (nSPS) is 10.4. The summed E-state index contributed by atoms with van der Waals surface area (Å²) in [6, 6.07) is 14.8. The van der Waals surface area contributed by atoms with E-state index in [0.717, 1.165) is 5.56 Å². The topological polar surface area (TPSA) is 105 Å². The number of non-ortho nitro benzene ring substituents is 1. The van der Waals surface area contributed by atoms with Crippen LogP contribution in [0.25, 0.3) is 11.3 Å². The summed E-state index contributed by atoms with van der Waals surface area (Å²) in [6.07, 6.45) is 0.0125. The average molecular weight is 368 g/mol. The highest BCUT2D eigenvalue weighted by atomic mass is 16.6. The number of nitrogens with zero attached hydrogens (tertiary/aromatic N) is 2. The number of carbonyl (C=O) groups excluding carboxylic acids is 1. The summed E-state index contributed by atoms with van der Waals surface area (Å²) in [4.78, 5) is 22.1. The fraction of sp³-hybridized carbons (Fsp3) is 0.158. The van der Waals surface area contributed by atoms with Crippen LogP contribution in [-0.4, -0.2) is 23.2 Å². The molecule has 0 N–H and O–H groups in total. The van der Waals surface area contributed by atoms with Gasteiger partial charge >= 0.3 is 5.97 Å². The largest absolute Gasteiger partial charge is 0.497 e. The molecule has 0 fully saturated rings. The summed E-state index contributed by atoms with van der Waals surface area (Å²) < 4.78 is 15.6. The monoisotopic (exact) mass is 368 g/mol. The molecule has 2 aromatic carbocycles. The molecule has 0 aliphatic carbocycles. The second-order valence-corrected chi connectivity index (χ2v) is 5.68. The zero-order valence-electron chi connectivity index (χ0n) is 14.5. The number of benzene rings is 2. The minimum absolute atomic E-state index is 0.0125. The van der Waals surface area contributed by atoms with Crippen LogP contribution in [0.2, 0.25) is 0 Å². The third kappa shape index (κ3) is 4.69. The van der Waals surface area contributed by atoms with Gasteiger partial charge in [0.25, 0.3) is 5.69 Å². The summed E-state index contributed by atoms with van der Waals surface area (Å²) in [6.45, 7) is -0.0285. The van der Waals surface area contributed by atoms with E-state index < -0.39 is 10.9 Å². The molecular weight excluding hydrogens is 352 g/mol. The molecule has 138 valence electrons. The summed E-state index contributed by atoms with van der Waals surface area (Å²) in [5.41, 5.74) is 1.87. The standard InChI is InChI=1S/C19H16N2O6/c1-25-17-4-2-3-14(10-17)18-11-15(20-27-18)12-26-19(22)9-13-5-7-16(8-6-13)21(23)24/h2-8,10-11H,9,12H2,1H3. The first kappa shape index (κ1) is 18.1. The quantitative estimate of drug-likeness (QED) is 0.357. The number of esters is 1. The van der Waals surface area contributed by atoms with Gasteiger partial charge in [-0.05, 0) is 17.7 Å². The second kappa shape index (κ2) is 8.13. The van der Waals surface area contributed by atoms with Gasteiger partial charge in [0.15, 0.2) is 5.76 Å². The highest BCUT2D eigenvalue weighted by Gasteiger charge is 2.12. The Balaban J connectivity index is 1.56. The SMILES string of the molecule is COc1cccc(-c2cc(COC(=O)Cc3ccc([N+](=O)[O-])cc3)no2)c1. The van der Waals surface area contributed by atoms with E-state index in [1.807, 2.05) is 24.3 Å². The molecule has 1 aromatic heterocycles. The van der Waals surface area contributed by atoms with Crippen molar-refractivity contribution >= 4 is 11.7 Å². The van der Waals surface area contributed by atoms with Gasteiger partial charge in [-0.3, -0.25) is 14.9 Å². The molecule has 0 amide bonds. The predicted molar refractivity (Wildman–Crippen MR) is 95.1 cm³/mol. The van der Waals surface area contributed by atoms with Crippen LogP contribution in [0.5, 0.6) is 5.75 Å². The van der Waals surface area contributed by atoms with Gasteiger partial charge in [-0.25, -0.2) is 0 Å². The van der Waals surface area contributed by atoms with E-state index in [-0.39, 0.29) is 18.7 Å². The fourth-order valence-corrected chi connectivity index (χ4v) is 2.40. The average Bonchev–Trinajstić information content (AvgIpc) is 3.16. The minimum atomic E-state index is -0.493. The Labute approximate surface area is 154 Å². The smallest absolute Gasteiger partial charge is 0.310 e. The van der Waals surface area contributed by atoms with E-state index in [0.29, 0.717) is 22.8 Å². The molecule has 0 aliphatic heterocycles. The predicted octanol–water partition coefficient (Wildman–Crippen LogP) is 3.54. The van der Waals surface area contributed by atoms with Gasteiger partial charge in [-0.1, -0.05) is 29.4 Å². The Morgan fingerprint density at radius 1 is 1.19 bits per heavy atom. The van der Waals surface area contributed by atoms with E-state index in [1.165, 1.54) is 24.3 Å². The molecule has 3 aromatic rings. The lowest BCUT2D eigenvalue weighted by molar-refractivity contribution is -0.384. The van der Waals surface area contributed by atoms with Gasteiger partial charge in [-0.2, -0.15) is 0 Å². The summed E-state index contributed by atoms with van der Waals surface area (Å²) in [7, 11) is 1.58. The van der Waals surface area contributed by atoms with Gasteiger partial charge in [0, 0.05) is 23.8 Å². The molecule has 0 unspecified atom stereocenters. The van der Waals surface area contributed by atoms with Crippen molar-refractivity contribution in [3.8, 4) is 17.1 Å². The van der Waals surface area contributed by atoms with E-state index in [2.05, 4.69) is 5.16 Å². The number of ether oxygens (including phenoxy) is 2. The molecule has 0 radical (unpaired) electrons. The molecular formula is C19H16N2O6. The highest BCUT2D eigenvalue weighted by Crippen LogP contribution is 2.24. The van der Waals surface area contributed by atoms with Crippen molar-refractivity contribution in [2.75, 3.05) is 7.11 Å². The van der Waals surface area contributed by atoms with E-state index in [4.69, 9.17) is 14.0 Å². The van der Waals surface area contributed by atoms with E-state index in [1.54, 1.807) is 13.2 Å². The van der Waals surface area contributed by atoms with Crippen LogP contribution in [0.3, 0.4) is 0 Å². The van der Waals surface area contributed by atoms with Crippen LogP contribution in [0.15, 0.2) is 59.1 Å². The summed E-state index contributed by atoms with van der Waals surface area (Å²) in [5, 5.41) is 14.5. The molecule has 0 bridgehead atoms. The van der Waals surface area contributed by atoms with Gasteiger partial charge < -0.3 is 14.0 Å². The van der Waals surface area contributed by atoms with Crippen molar-refractivity contribution in [2.45, 2.75) is 13.0 Å². The maximum atomic E-state index is 11.9. The van der Waals surface area contributed by atoms with Crippen LogP contribution in [-0.2, 0) is 22.6 Å². The van der Waals surface area contributed by atoms with Crippen LogP contribution in [0, 0.1) is 10.1 Å². The van der Waals surface area contributed by atoms with E-state index >= 15 is 0 Å². The lowest BCUT2D eigenvalue weighted by atomic mass is 10.1. The number of aromatic nitrogens is 1. The Morgan fingerprint density at radius 2 is 1.96 bits per heavy atom. The zero-order chi connectivity index (χ0) is 19.2. The lowest BCUT2D eigenvalue weighted by Gasteiger charge is -2.02. The third-order valence-corrected chi connectivity index (χ3v) is 3.79. The second-order valence-electron chi connectivity index (χ2n) is 5.68. The van der Waals surface area contributed by atoms with Crippen molar-refractivity contribution in [1.29, 1.82) is 0 Å². The lowest BCUT2D eigenvalue weighted by Crippen LogP contribution is -2.08. The molecule has 27 heavy (non-hydrogen) atoms. The number of hydrogen-bond donors (Lipinski definition) is 0. The molecule has 0 saturated carbocycles. The molecule has 0 aliphatic rings. The Bertz CT molecular complexity index is 949. The maximum absolute atomic E-state index is 11.9. The Morgan fingerprint density at radius 3 is 2.67 bits per heavy atom. The Hall–Kier alpha value is -3.68. The van der Waals surface area contributed by atoms with Crippen molar-refractivity contribution in [3.05, 3.63) is 76.0 Å². The highest BCUT2D eigenvalue weighted by molar-refractivity contribution is 5.72. The number of nitro groups is 1. The molecule has 1 heterocycles. The number of nitro benzene ring substituents is 1. The third-order valence-electron chi connectivity index (χ3n) is 3.79. The fourth-order valence-electron chi connectivity index (χ4n) is 2.40. The zero-order valence-corrected chi connectivity index (χ0v) is 14.5. The molecule has 0 saturated heterocycles. The Kier molecular flexibility index (Phi) is 5.46.